The Hall–Kier alpha value is -2.01. The third-order valence-electron chi connectivity index (χ3n) is 2.81. The van der Waals surface area contributed by atoms with E-state index in [4.69, 9.17) is 8.19 Å². The van der Waals surface area contributed by atoms with Gasteiger partial charge in [-0.2, -0.15) is 0 Å². The van der Waals surface area contributed by atoms with E-state index < -0.39 is 24.3 Å². The molecule has 0 unspecified atom stereocenters. The van der Waals surface area contributed by atoms with Gasteiger partial charge in [-0.25, -0.2) is 0 Å². The molecule has 2 aromatic carbocycles. The predicted molar refractivity (Wildman–Crippen MR) is 77.4 cm³/mol. The Kier molecular flexibility index (Phi) is 4.52. The zero-order chi connectivity index (χ0) is 15.5. The molecule has 0 bridgehead atoms. The van der Waals surface area contributed by atoms with Crippen LogP contribution in [-0.2, 0) is 15.0 Å². The monoisotopic (exact) mass is 351 g/mol. The Morgan fingerprint density at radius 2 is 1.71 bits per heavy atom. The first-order chi connectivity index (χ1) is 9.88. The molecule has 110 valence electrons. The summed E-state index contributed by atoms with van der Waals surface area (Å²) < 4.78 is 29.1. The van der Waals surface area contributed by atoms with Crippen molar-refractivity contribution >= 4 is 30.1 Å². The summed E-state index contributed by atoms with van der Waals surface area (Å²) in [5, 5.41) is 12.3. The molecule has 7 heteroatoms. The first-order valence-corrected chi connectivity index (χ1v) is 9.48. The van der Waals surface area contributed by atoms with Crippen LogP contribution in [0.5, 0.6) is 5.75 Å². The van der Waals surface area contributed by atoms with Crippen molar-refractivity contribution in [1.29, 1.82) is 0 Å². The molecule has 0 atom stereocenters. The molecule has 21 heavy (non-hydrogen) atoms. The van der Waals surface area contributed by atoms with Crippen molar-refractivity contribution in [3.63, 3.8) is 0 Å². The van der Waals surface area contributed by atoms with Gasteiger partial charge >= 0.3 is 124 Å². The molecule has 0 fully saturated rings. The third kappa shape index (κ3) is 3.98. The van der Waals surface area contributed by atoms with E-state index in [2.05, 4.69) is 5.32 Å². The number of anilines is 1. The molecule has 0 aromatic heterocycles. The van der Waals surface area contributed by atoms with Crippen molar-refractivity contribution in [2.75, 3.05) is 5.32 Å². The molecule has 6 nitrogen and oxygen atoms in total. The number of carbonyl (C=O) groups excluding carboxylic acids is 1. The quantitative estimate of drug-likeness (QED) is 0.463. The Labute approximate surface area is 124 Å². The molecule has 0 saturated heterocycles. The Morgan fingerprint density at radius 1 is 1.05 bits per heavy atom. The summed E-state index contributed by atoms with van der Waals surface area (Å²) in [5.41, 5.74) is 0.780. The van der Waals surface area contributed by atoms with E-state index in [1.54, 1.807) is 24.3 Å². The molecule has 0 heterocycles. The molecule has 0 spiro atoms. The number of para-hydroxylation sites is 1. The van der Waals surface area contributed by atoms with Crippen molar-refractivity contribution in [1.82, 2.24) is 0 Å². The van der Waals surface area contributed by atoms with Crippen molar-refractivity contribution < 1.29 is 21.8 Å². The maximum absolute atomic E-state index is 11.9. The predicted octanol–water partition coefficient (Wildman–Crippen LogP) is 0.134. The van der Waals surface area contributed by atoms with E-state index in [9.17, 15) is 13.6 Å². The summed E-state index contributed by atoms with van der Waals surface area (Å²) in [6.07, 6.45) is 0.103. The molecule has 2 rings (SSSR count). The van der Waals surface area contributed by atoms with Gasteiger partial charge in [0.25, 0.3) is 0 Å². The van der Waals surface area contributed by atoms with Crippen molar-refractivity contribution in [2.45, 2.75) is 6.42 Å². The van der Waals surface area contributed by atoms with E-state index >= 15 is 0 Å². The van der Waals surface area contributed by atoms with E-state index in [0.717, 1.165) is 11.6 Å². The van der Waals surface area contributed by atoms with E-state index in [-0.39, 0.29) is 18.0 Å². The van der Waals surface area contributed by atoms with Gasteiger partial charge in [0.1, 0.15) is 0 Å². The van der Waals surface area contributed by atoms with Gasteiger partial charge in [-0.05, 0) is 0 Å². The number of carbonyl (C=O) groups is 1. The van der Waals surface area contributed by atoms with Crippen LogP contribution in [0.25, 0.3) is 0 Å². The summed E-state index contributed by atoms with van der Waals surface area (Å²) in [6, 6.07) is 12.9. The molecular formula is C14H14AsNO5. The number of aromatic hydroxyl groups is 1. The maximum atomic E-state index is 11.9. The van der Waals surface area contributed by atoms with Crippen LogP contribution in [0.4, 0.5) is 5.69 Å². The Bertz CT molecular complexity index is 696. The number of hydrogen-bond acceptors (Lipinski definition) is 3. The summed E-state index contributed by atoms with van der Waals surface area (Å²) in [6.45, 7) is 0. The zero-order valence-electron chi connectivity index (χ0n) is 10.9. The van der Waals surface area contributed by atoms with Gasteiger partial charge in [0.2, 0.25) is 0 Å². The molecule has 1 amide bonds. The van der Waals surface area contributed by atoms with Gasteiger partial charge in [0.05, 0.1) is 0 Å². The number of rotatable bonds is 4. The second-order valence-electron chi connectivity index (χ2n) is 4.43. The Balaban J connectivity index is 2.17. The molecule has 0 aliphatic heterocycles. The molecule has 0 radical (unpaired) electrons. The summed E-state index contributed by atoms with van der Waals surface area (Å²) in [7, 11) is 0. The molecule has 4 N–H and O–H groups in total. The molecule has 0 saturated carbocycles. The van der Waals surface area contributed by atoms with Crippen molar-refractivity contribution in [3.8, 4) is 5.75 Å². The average molecular weight is 351 g/mol. The second kappa shape index (κ2) is 6.18. The van der Waals surface area contributed by atoms with Crippen LogP contribution in [0.3, 0.4) is 0 Å². The molecule has 2 aromatic rings. The first kappa shape index (κ1) is 15.4. The molecule has 0 aliphatic rings. The van der Waals surface area contributed by atoms with Gasteiger partial charge in [0.15, 0.2) is 0 Å². The summed E-state index contributed by atoms with van der Waals surface area (Å²) in [5.74, 6) is -0.974. The van der Waals surface area contributed by atoms with Crippen LogP contribution in [-0.4, -0.2) is 33.4 Å². The number of phenols is 1. The van der Waals surface area contributed by atoms with Crippen LogP contribution in [0.15, 0.2) is 48.5 Å². The van der Waals surface area contributed by atoms with Crippen molar-refractivity contribution in [2.24, 2.45) is 0 Å². The number of nitrogens with one attached hydrogen (secondary N) is 1. The van der Waals surface area contributed by atoms with Crippen LogP contribution in [0.2, 0.25) is 0 Å². The fourth-order valence-electron chi connectivity index (χ4n) is 1.84. The van der Waals surface area contributed by atoms with Gasteiger partial charge in [-0.3, -0.25) is 0 Å². The van der Waals surface area contributed by atoms with E-state index in [1.165, 1.54) is 12.1 Å². The molecule has 0 aliphatic carbocycles. The minimum absolute atomic E-state index is 0.0156. The average Bonchev–Trinajstić information content (AvgIpc) is 2.41. The van der Waals surface area contributed by atoms with Crippen LogP contribution >= 0.6 is 0 Å². The zero-order valence-corrected chi connectivity index (χ0v) is 12.8. The minimum atomic E-state index is -5.23. The van der Waals surface area contributed by atoms with Crippen LogP contribution in [0, 0.1) is 0 Å². The summed E-state index contributed by atoms with van der Waals surface area (Å²) >= 11 is -5.23. The third-order valence-corrected chi connectivity index (χ3v) is 4.88. The second-order valence-corrected chi connectivity index (χ2v) is 7.72. The molecular weight excluding hydrogens is 337 g/mol. The first-order valence-electron chi connectivity index (χ1n) is 6.10. The Morgan fingerprint density at radius 3 is 2.33 bits per heavy atom. The van der Waals surface area contributed by atoms with E-state index in [0.29, 0.717) is 0 Å². The fourth-order valence-corrected chi connectivity index (χ4v) is 3.26. The number of phenolic OH excluding ortho intramolecular Hbond substituents is 1. The van der Waals surface area contributed by atoms with E-state index in [1.807, 2.05) is 6.07 Å². The topological polar surface area (TPSA) is 107 Å². The van der Waals surface area contributed by atoms with Gasteiger partial charge in [-0.1, -0.05) is 0 Å². The normalized spacial score (nSPS) is 11.1. The number of benzene rings is 2. The van der Waals surface area contributed by atoms with Gasteiger partial charge in [-0.15, -0.1) is 0 Å². The fraction of sp³-hybridized carbons (Fsp3) is 0.0714. The standard InChI is InChI=1S/C14H14AsNO5/c17-13(9-10-5-2-1-3-6-10)16-12-8-4-7-11(14(12)18)15(19,20)21/h1-8,18H,9H2,(H,16,17)(H2,19,20,21). The summed E-state index contributed by atoms with van der Waals surface area (Å²) in [4.78, 5) is 11.9. The van der Waals surface area contributed by atoms with Gasteiger partial charge in [0, 0.05) is 0 Å². The SMILES string of the molecule is O=C(Cc1ccccc1)Nc1cccc([As](=O)(O)O)c1O. The van der Waals surface area contributed by atoms with Gasteiger partial charge < -0.3 is 0 Å². The number of hydrogen-bond donors (Lipinski definition) is 4. The van der Waals surface area contributed by atoms with Crippen LogP contribution in [0.1, 0.15) is 5.56 Å². The van der Waals surface area contributed by atoms with Crippen molar-refractivity contribution in [3.05, 3.63) is 54.1 Å². The number of amides is 1. The van der Waals surface area contributed by atoms with Crippen LogP contribution < -0.4 is 9.67 Å².